The van der Waals surface area contributed by atoms with Crippen molar-refractivity contribution in [3.05, 3.63) is 0 Å². The zero-order valence-electron chi connectivity index (χ0n) is 10.5. The number of carboxylic acids is 1. The van der Waals surface area contributed by atoms with Gasteiger partial charge in [0.05, 0.1) is 13.2 Å². The van der Waals surface area contributed by atoms with E-state index in [9.17, 15) is 4.79 Å². The van der Waals surface area contributed by atoms with Crippen molar-refractivity contribution in [2.75, 3.05) is 13.2 Å². The van der Waals surface area contributed by atoms with E-state index in [1.807, 2.05) is 0 Å². The number of hydrogen-bond donors (Lipinski definition) is 1. The van der Waals surface area contributed by atoms with Gasteiger partial charge in [0, 0.05) is 18.3 Å². The smallest absolute Gasteiger partial charge is 0.303 e. The number of rotatable bonds is 4. The molecule has 17 heavy (non-hydrogen) atoms. The van der Waals surface area contributed by atoms with Crippen LogP contribution in [0.2, 0.25) is 0 Å². The summed E-state index contributed by atoms with van der Waals surface area (Å²) in [5.74, 6) is -1.22. The molecule has 0 aromatic carbocycles. The highest BCUT2D eigenvalue weighted by atomic mass is 16.7. The van der Waals surface area contributed by atoms with Crippen LogP contribution in [0.3, 0.4) is 0 Å². The minimum atomic E-state index is -0.725. The Morgan fingerprint density at radius 2 is 1.88 bits per heavy atom. The van der Waals surface area contributed by atoms with Gasteiger partial charge in [0.15, 0.2) is 5.79 Å². The molecule has 1 saturated heterocycles. The Morgan fingerprint density at radius 3 is 2.47 bits per heavy atom. The van der Waals surface area contributed by atoms with Crippen LogP contribution in [0.1, 0.15) is 51.9 Å². The molecule has 0 aromatic heterocycles. The molecule has 2 aliphatic rings. The van der Waals surface area contributed by atoms with Crippen molar-refractivity contribution in [1.29, 1.82) is 0 Å². The molecule has 1 spiro atoms. The first-order valence-electron chi connectivity index (χ1n) is 6.64. The second-order valence-electron chi connectivity index (χ2n) is 5.18. The average molecular weight is 242 g/mol. The largest absolute Gasteiger partial charge is 0.481 e. The number of aliphatic carboxylic acids is 1. The predicted octanol–water partition coefficient (Wildman–Crippen LogP) is 2.56. The molecule has 0 radical (unpaired) electrons. The Balaban J connectivity index is 2.17. The van der Waals surface area contributed by atoms with Crippen LogP contribution >= 0.6 is 0 Å². The van der Waals surface area contributed by atoms with E-state index in [0.717, 1.165) is 32.1 Å². The highest BCUT2D eigenvalue weighted by Crippen LogP contribution is 2.54. The number of carbonyl (C=O) groups is 1. The van der Waals surface area contributed by atoms with Crippen molar-refractivity contribution in [2.24, 2.45) is 5.41 Å². The topological polar surface area (TPSA) is 55.8 Å². The van der Waals surface area contributed by atoms with E-state index in [4.69, 9.17) is 14.6 Å². The van der Waals surface area contributed by atoms with E-state index in [1.165, 1.54) is 0 Å². The standard InChI is InChI=1S/C13H22O4/c1-2-12(8-5-11(14)15)6-3-4-7-13(12)16-9-10-17-13/h2-10H2,1H3,(H,14,15). The molecule has 2 fully saturated rings. The first-order valence-corrected chi connectivity index (χ1v) is 6.64. The van der Waals surface area contributed by atoms with Gasteiger partial charge in [0.25, 0.3) is 0 Å². The monoisotopic (exact) mass is 242 g/mol. The van der Waals surface area contributed by atoms with Gasteiger partial charge in [-0.05, 0) is 25.7 Å². The molecular weight excluding hydrogens is 220 g/mol. The molecule has 1 atom stereocenters. The van der Waals surface area contributed by atoms with E-state index >= 15 is 0 Å². The van der Waals surface area contributed by atoms with Crippen molar-refractivity contribution in [3.63, 3.8) is 0 Å². The van der Waals surface area contributed by atoms with Gasteiger partial charge in [-0.2, -0.15) is 0 Å². The van der Waals surface area contributed by atoms with Gasteiger partial charge >= 0.3 is 5.97 Å². The van der Waals surface area contributed by atoms with Gasteiger partial charge in [-0.25, -0.2) is 0 Å². The second kappa shape index (κ2) is 4.94. The zero-order valence-corrected chi connectivity index (χ0v) is 10.5. The summed E-state index contributed by atoms with van der Waals surface area (Å²) in [6.45, 7) is 3.42. The molecular formula is C13H22O4. The Morgan fingerprint density at radius 1 is 1.24 bits per heavy atom. The fourth-order valence-electron chi connectivity index (χ4n) is 3.47. The number of hydrogen-bond acceptors (Lipinski definition) is 3. The summed E-state index contributed by atoms with van der Waals surface area (Å²) >= 11 is 0. The molecule has 0 amide bonds. The third kappa shape index (κ3) is 2.20. The lowest BCUT2D eigenvalue weighted by atomic mass is 9.65. The maximum Gasteiger partial charge on any atom is 0.303 e. The molecule has 1 aliphatic heterocycles. The first-order chi connectivity index (χ1) is 8.14. The molecule has 2 rings (SSSR count). The molecule has 1 saturated carbocycles. The van der Waals surface area contributed by atoms with Crippen molar-refractivity contribution in [1.82, 2.24) is 0 Å². The van der Waals surface area contributed by atoms with E-state index in [-0.39, 0.29) is 11.8 Å². The summed E-state index contributed by atoms with van der Waals surface area (Å²) in [4.78, 5) is 10.8. The van der Waals surface area contributed by atoms with Crippen molar-refractivity contribution in [3.8, 4) is 0 Å². The summed E-state index contributed by atoms with van der Waals surface area (Å²) < 4.78 is 11.8. The highest BCUT2D eigenvalue weighted by Gasteiger charge is 2.55. The minimum Gasteiger partial charge on any atom is -0.481 e. The van der Waals surface area contributed by atoms with Crippen LogP contribution in [-0.2, 0) is 14.3 Å². The van der Waals surface area contributed by atoms with Crippen molar-refractivity contribution in [2.45, 2.75) is 57.7 Å². The fraction of sp³-hybridized carbons (Fsp3) is 0.923. The molecule has 1 aliphatic carbocycles. The Hall–Kier alpha value is -0.610. The van der Waals surface area contributed by atoms with Gasteiger partial charge < -0.3 is 14.6 Å². The third-order valence-corrected chi connectivity index (χ3v) is 4.47. The molecule has 4 heteroatoms. The predicted molar refractivity (Wildman–Crippen MR) is 62.7 cm³/mol. The average Bonchev–Trinajstić information content (AvgIpc) is 2.78. The molecule has 0 aromatic rings. The summed E-state index contributed by atoms with van der Waals surface area (Å²) in [6.07, 6.45) is 6.02. The van der Waals surface area contributed by atoms with E-state index < -0.39 is 11.8 Å². The Labute approximate surface area is 102 Å². The van der Waals surface area contributed by atoms with Gasteiger partial charge in [0.1, 0.15) is 0 Å². The molecule has 0 bridgehead atoms. The van der Waals surface area contributed by atoms with Crippen LogP contribution in [0, 0.1) is 5.41 Å². The third-order valence-electron chi connectivity index (χ3n) is 4.47. The Kier molecular flexibility index (Phi) is 3.73. The van der Waals surface area contributed by atoms with Crippen LogP contribution in [0.4, 0.5) is 0 Å². The lowest BCUT2D eigenvalue weighted by molar-refractivity contribution is -0.260. The number of carboxylic acid groups (broad SMARTS) is 1. The molecule has 4 nitrogen and oxygen atoms in total. The van der Waals surface area contributed by atoms with Crippen LogP contribution in [0.25, 0.3) is 0 Å². The second-order valence-corrected chi connectivity index (χ2v) is 5.18. The van der Waals surface area contributed by atoms with Crippen LogP contribution in [-0.4, -0.2) is 30.1 Å². The summed E-state index contributed by atoms with van der Waals surface area (Å²) in [6, 6.07) is 0. The van der Waals surface area contributed by atoms with Crippen molar-refractivity contribution >= 4 is 5.97 Å². The molecule has 1 heterocycles. The van der Waals surface area contributed by atoms with Crippen molar-refractivity contribution < 1.29 is 19.4 Å². The summed E-state index contributed by atoms with van der Waals surface area (Å²) in [5.41, 5.74) is -0.0971. The number of ether oxygens (including phenoxy) is 2. The highest BCUT2D eigenvalue weighted by molar-refractivity contribution is 5.66. The molecule has 98 valence electrons. The van der Waals surface area contributed by atoms with Crippen LogP contribution in [0.15, 0.2) is 0 Å². The van der Waals surface area contributed by atoms with Gasteiger partial charge in [0.2, 0.25) is 0 Å². The fourth-order valence-corrected chi connectivity index (χ4v) is 3.47. The maximum atomic E-state index is 10.8. The van der Waals surface area contributed by atoms with Gasteiger partial charge in [-0.15, -0.1) is 0 Å². The normalized spacial score (nSPS) is 31.8. The van der Waals surface area contributed by atoms with Crippen LogP contribution < -0.4 is 0 Å². The van der Waals surface area contributed by atoms with E-state index in [2.05, 4.69) is 6.92 Å². The molecule has 1 N–H and O–H groups in total. The summed E-state index contributed by atoms with van der Waals surface area (Å²) in [5, 5.41) is 8.90. The maximum absolute atomic E-state index is 10.8. The zero-order chi connectivity index (χ0) is 12.4. The Bertz CT molecular complexity index is 283. The van der Waals surface area contributed by atoms with E-state index in [0.29, 0.717) is 19.6 Å². The first kappa shape index (κ1) is 12.8. The van der Waals surface area contributed by atoms with Gasteiger partial charge in [-0.3, -0.25) is 4.79 Å². The van der Waals surface area contributed by atoms with Crippen LogP contribution in [0.5, 0.6) is 0 Å². The van der Waals surface area contributed by atoms with E-state index in [1.54, 1.807) is 0 Å². The lowest BCUT2D eigenvalue weighted by Gasteiger charge is -2.49. The van der Waals surface area contributed by atoms with Gasteiger partial charge in [-0.1, -0.05) is 13.3 Å². The molecule has 1 unspecified atom stereocenters. The lowest BCUT2D eigenvalue weighted by Crippen LogP contribution is -2.51. The summed E-state index contributed by atoms with van der Waals surface area (Å²) in [7, 11) is 0. The SMILES string of the molecule is CCC1(CCC(=O)O)CCCCC12OCCO2. The quantitative estimate of drug-likeness (QED) is 0.823. The minimum absolute atomic E-state index is 0.0971.